The van der Waals surface area contributed by atoms with Crippen molar-refractivity contribution >= 4 is 17.0 Å². The molecule has 1 aliphatic heterocycles. The van der Waals surface area contributed by atoms with Crippen LogP contribution in [0.2, 0.25) is 0 Å². The average molecular weight is 249 g/mol. The molecular weight excluding hydrogens is 238 g/mol. The molecule has 1 saturated heterocycles. The molecule has 4 atom stereocenters. The van der Waals surface area contributed by atoms with Crippen molar-refractivity contribution in [2.45, 2.75) is 30.5 Å². The van der Waals surface area contributed by atoms with Crippen LogP contribution in [0.1, 0.15) is 12.6 Å². The molecular formula is C10H11N5O3. The van der Waals surface area contributed by atoms with E-state index in [1.807, 2.05) is 0 Å². The van der Waals surface area contributed by atoms with Gasteiger partial charge in [-0.3, -0.25) is 4.57 Å². The number of anilines is 1. The molecule has 94 valence electrons. The number of rotatable bonds is 1. The number of hydrogen-bond donors (Lipinski definition) is 3. The van der Waals surface area contributed by atoms with Crippen LogP contribution in [0.5, 0.6) is 0 Å². The molecule has 2 aromatic rings. The average Bonchev–Trinajstić information content (AvgIpc) is 2.78. The van der Waals surface area contributed by atoms with Crippen LogP contribution in [-0.4, -0.2) is 47.5 Å². The van der Waals surface area contributed by atoms with E-state index in [9.17, 15) is 10.2 Å². The first-order chi connectivity index (χ1) is 8.61. The third-order valence-electron chi connectivity index (χ3n) is 3.69. The predicted octanol–water partition coefficient (Wildman–Crippen LogP) is -1.20. The topological polar surface area (TPSA) is 119 Å². The summed E-state index contributed by atoms with van der Waals surface area (Å²) in [6.45, 7) is 0. The Balaban J connectivity index is 1.75. The number of aromatic nitrogens is 4. The minimum absolute atomic E-state index is 0.306. The summed E-state index contributed by atoms with van der Waals surface area (Å²) in [5, 5.41) is 19.4. The van der Waals surface area contributed by atoms with Gasteiger partial charge in [0.05, 0.1) is 6.33 Å². The summed E-state index contributed by atoms with van der Waals surface area (Å²) >= 11 is 0. The maximum Gasteiger partial charge on any atom is 0.167 e. The summed E-state index contributed by atoms with van der Waals surface area (Å²) in [5.41, 5.74) is 5.64. The Kier molecular flexibility index (Phi) is 1.68. The molecule has 2 fully saturated rings. The third-order valence-corrected chi connectivity index (χ3v) is 3.69. The summed E-state index contributed by atoms with van der Waals surface area (Å²) in [6.07, 6.45) is 1.54. The van der Waals surface area contributed by atoms with Gasteiger partial charge in [-0.25, -0.2) is 15.0 Å². The standard InChI is InChI=1S/C10H11N5O3/c11-8-5-9(13-2-12-8)15(3-14-5)4-1-10(17)6(16)7(10)18-4/h2-4,6-7,16-17H,1H2,(H2,11,12,13)/t4-,6?,7-,10-/m1/s1. The molecule has 0 aromatic carbocycles. The summed E-state index contributed by atoms with van der Waals surface area (Å²) < 4.78 is 7.26. The summed E-state index contributed by atoms with van der Waals surface area (Å²) in [4.78, 5) is 12.1. The van der Waals surface area contributed by atoms with Crippen molar-refractivity contribution < 1.29 is 14.9 Å². The summed E-state index contributed by atoms with van der Waals surface area (Å²) in [6, 6.07) is 0. The highest BCUT2D eigenvalue weighted by Crippen LogP contribution is 2.53. The Morgan fingerprint density at radius 2 is 2.28 bits per heavy atom. The van der Waals surface area contributed by atoms with Crippen molar-refractivity contribution in [3.05, 3.63) is 12.7 Å². The molecule has 18 heavy (non-hydrogen) atoms. The van der Waals surface area contributed by atoms with Crippen LogP contribution in [-0.2, 0) is 4.74 Å². The highest BCUT2D eigenvalue weighted by Gasteiger charge is 2.71. The van der Waals surface area contributed by atoms with E-state index < -0.39 is 17.8 Å². The number of fused-ring (bicyclic) bond motifs is 2. The minimum atomic E-state index is -1.13. The zero-order valence-corrected chi connectivity index (χ0v) is 9.26. The Labute approximate surface area is 101 Å². The fraction of sp³-hybridized carbons (Fsp3) is 0.500. The van der Waals surface area contributed by atoms with Gasteiger partial charge in [0.2, 0.25) is 0 Å². The lowest BCUT2D eigenvalue weighted by Crippen LogP contribution is -2.19. The summed E-state index contributed by atoms with van der Waals surface area (Å²) in [7, 11) is 0. The number of imidazole rings is 1. The Morgan fingerprint density at radius 1 is 1.44 bits per heavy atom. The van der Waals surface area contributed by atoms with E-state index >= 15 is 0 Å². The van der Waals surface area contributed by atoms with Gasteiger partial charge in [0.15, 0.2) is 11.5 Å². The van der Waals surface area contributed by atoms with Crippen molar-refractivity contribution in [1.82, 2.24) is 19.5 Å². The smallest absolute Gasteiger partial charge is 0.167 e. The minimum Gasteiger partial charge on any atom is -0.387 e. The van der Waals surface area contributed by atoms with Gasteiger partial charge >= 0.3 is 0 Å². The van der Waals surface area contributed by atoms with Crippen LogP contribution in [0.4, 0.5) is 5.82 Å². The molecule has 0 spiro atoms. The molecule has 4 N–H and O–H groups in total. The van der Waals surface area contributed by atoms with Crippen LogP contribution in [0.3, 0.4) is 0 Å². The van der Waals surface area contributed by atoms with Gasteiger partial charge in [0.25, 0.3) is 0 Å². The van der Waals surface area contributed by atoms with E-state index in [0.29, 0.717) is 23.4 Å². The molecule has 1 aliphatic carbocycles. The third kappa shape index (κ3) is 1.07. The number of aliphatic hydroxyl groups excluding tert-OH is 1. The molecule has 0 amide bonds. The highest BCUT2D eigenvalue weighted by molar-refractivity contribution is 5.81. The van der Waals surface area contributed by atoms with Gasteiger partial charge in [0, 0.05) is 6.42 Å². The Morgan fingerprint density at radius 3 is 3.00 bits per heavy atom. The molecule has 0 bridgehead atoms. The molecule has 3 heterocycles. The molecule has 2 aliphatic rings. The van der Waals surface area contributed by atoms with Gasteiger partial charge < -0.3 is 20.7 Å². The zero-order valence-electron chi connectivity index (χ0n) is 9.26. The van der Waals surface area contributed by atoms with Gasteiger partial charge in [0.1, 0.15) is 35.9 Å². The van der Waals surface area contributed by atoms with E-state index in [1.165, 1.54) is 6.33 Å². The van der Waals surface area contributed by atoms with Crippen molar-refractivity contribution in [2.24, 2.45) is 0 Å². The second kappa shape index (κ2) is 2.97. The van der Waals surface area contributed by atoms with E-state index in [0.717, 1.165) is 0 Å². The Bertz CT molecular complexity index is 643. The maximum absolute atomic E-state index is 9.97. The molecule has 2 aromatic heterocycles. The fourth-order valence-electron chi connectivity index (χ4n) is 2.54. The van der Waals surface area contributed by atoms with Crippen LogP contribution < -0.4 is 5.73 Å². The van der Waals surface area contributed by atoms with Crippen LogP contribution in [0, 0.1) is 0 Å². The zero-order chi connectivity index (χ0) is 12.5. The van der Waals surface area contributed by atoms with E-state index in [4.69, 9.17) is 10.5 Å². The summed E-state index contributed by atoms with van der Waals surface area (Å²) in [5.74, 6) is 0.306. The second-order valence-electron chi connectivity index (χ2n) is 4.73. The van der Waals surface area contributed by atoms with Crippen LogP contribution in [0.25, 0.3) is 11.2 Å². The van der Waals surface area contributed by atoms with Crippen molar-refractivity contribution in [3.63, 3.8) is 0 Å². The van der Waals surface area contributed by atoms with Gasteiger partial charge in [-0.2, -0.15) is 0 Å². The molecule has 1 saturated carbocycles. The lowest BCUT2D eigenvalue weighted by Gasteiger charge is -2.16. The van der Waals surface area contributed by atoms with Gasteiger partial charge in [-0.1, -0.05) is 0 Å². The predicted molar refractivity (Wildman–Crippen MR) is 59.2 cm³/mol. The number of nitrogens with two attached hydrogens (primary N) is 1. The number of hydrogen-bond acceptors (Lipinski definition) is 7. The first kappa shape index (κ1) is 10.2. The first-order valence-electron chi connectivity index (χ1n) is 5.60. The van der Waals surface area contributed by atoms with Crippen molar-refractivity contribution in [3.8, 4) is 0 Å². The lowest BCUT2D eigenvalue weighted by molar-refractivity contribution is -0.0117. The lowest BCUT2D eigenvalue weighted by atomic mass is 10.2. The molecule has 8 heteroatoms. The van der Waals surface area contributed by atoms with Crippen molar-refractivity contribution in [1.29, 1.82) is 0 Å². The van der Waals surface area contributed by atoms with Gasteiger partial charge in [-0.15, -0.1) is 0 Å². The second-order valence-corrected chi connectivity index (χ2v) is 4.73. The maximum atomic E-state index is 9.97. The van der Waals surface area contributed by atoms with E-state index in [2.05, 4.69) is 15.0 Å². The normalized spacial score (nSPS) is 38.0. The number of nitrogen functional groups attached to an aromatic ring is 1. The largest absolute Gasteiger partial charge is 0.387 e. The SMILES string of the molecule is Nc1ncnc2c1ncn2[C@H]1C[C@@]2(O)C(O)[C@H]2O1. The van der Waals surface area contributed by atoms with Crippen molar-refractivity contribution in [2.75, 3.05) is 5.73 Å². The van der Waals surface area contributed by atoms with Crippen LogP contribution in [0.15, 0.2) is 12.7 Å². The Hall–Kier alpha value is -1.77. The van der Waals surface area contributed by atoms with Crippen LogP contribution >= 0.6 is 0 Å². The molecule has 1 unspecified atom stereocenters. The highest BCUT2D eigenvalue weighted by atomic mass is 16.6. The van der Waals surface area contributed by atoms with E-state index in [1.54, 1.807) is 10.9 Å². The monoisotopic (exact) mass is 249 g/mol. The number of nitrogens with zero attached hydrogens (tertiary/aromatic N) is 4. The number of ether oxygens (including phenoxy) is 1. The fourth-order valence-corrected chi connectivity index (χ4v) is 2.54. The molecule has 4 rings (SSSR count). The number of aliphatic hydroxyl groups is 2. The molecule has 8 nitrogen and oxygen atoms in total. The first-order valence-corrected chi connectivity index (χ1v) is 5.60. The quantitative estimate of drug-likeness (QED) is 0.580. The molecule has 0 radical (unpaired) electrons. The van der Waals surface area contributed by atoms with E-state index in [-0.39, 0.29) is 6.23 Å². The van der Waals surface area contributed by atoms with Gasteiger partial charge in [-0.05, 0) is 0 Å².